The van der Waals surface area contributed by atoms with Crippen LogP contribution in [0.5, 0.6) is 0 Å². The first kappa shape index (κ1) is 25.7. The summed E-state index contributed by atoms with van der Waals surface area (Å²) in [5.41, 5.74) is 1.92. The lowest BCUT2D eigenvalue weighted by Gasteiger charge is -2.32. The van der Waals surface area contributed by atoms with Crippen molar-refractivity contribution in [2.24, 2.45) is 5.41 Å². The number of ether oxygens (including phenoxy) is 1. The van der Waals surface area contributed by atoms with Crippen LogP contribution < -0.4 is 5.32 Å². The molecule has 31 heavy (non-hydrogen) atoms. The highest BCUT2D eigenvalue weighted by Gasteiger charge is 2.28. The van der Waals surface area contributed by atoms with Gasteiger partial charge in [0.1, 0.15) is 0 Å². The summed E-state index contributed by atoms with van der Waals surface area (Å²) < 4.78 is 5.76. The van der Waals surface area contributed by atoms with E-state index in [4.69, 9.17) is 4.74 Å². The van der Waals surface area contributed by atoms with Gasteiger partial charge in [0.2, 0.25) is 0 Å². The van der Waals surface area contributed by atoms with E-state index in [0.29, 0.717) is 0 Å². The van der Waals surface area contributed by atoms with Gasteiger partial charge in [-0.2, -0.15) is 0 Å². The number of hydrogen-bond acceptors (Lipinski definition) is 5. The zero-order valence-electron chi connectivity index (χ0n) is 19.1. The second-order valence-electron chi connectivity index (χ2n) is 8.73. The van der Waals surface area contributed by atoms with Crippen LogP contribution >= 0.6 is 0 Å². The van der Waals surface area contributed by atoms with Gasteiger partial charge < -0.3 is 20.3 Å². The van der Waals surface area contributed by atoms with Gasteiger partial charge in [0, 0.05) is 37.1 Å². The summed E-state index contributed by atoms with van der Waals surface area (Å²) in [5.74, 6) is 0. The Morgan fingerprint density at radius 2 is 1.74 bits per heavy atom. The van der Waals surface area contributed by atoms with E-state index in [1.54, 1.807) is 0 Å². The van der Waals surface area contributed by atoms with Crippen LogP contribution in [-0.2, 0) is 11.2 Å². The van der Waals surface area contributed by atoms with E-state index in [2.05, 4.69) is 28.5 Å². The molecule has 0 fully saturated rings. The van der Waals surface area contributed by atoms with Crippen LogP contribution in [0.4, 0.5) is 0 Å². The van der Waals surface area contributed by atoms with Crippen LogP contribution in [0, 0.1) is 5.41 Å². The average molecular weight is 431 g/mol. The Bertz CT molecular complexity index is 633. The number of hydrogen-bond donors (Lipinski definition) is 3. The molecule has 0 aliphatic heterocycles. The highest BCUT2D eigenvalue weighted by atomic mass is 16.5. The molecule has 1 aliphatic rings. The first-order valence-corrected chi connectivity index (χ1v) is 12.1. The van der Waals surface area contributed by atoms with Crippen LogP contribution in [0.2, 0.25) is 0 Å². The van der Waals surface area contributed by atoms with Crippen LogP contribution in [0.3, 0.4) is 0 Å². The lowest BCUT2D eigenvalue weighted by atomic mass is 9.79. The molecule has 5 nitrogen and oxygen atoms in total. The summed E-state index contributed by atoms with van der Waals surface area (Å²) in [5, 5.41) is 22.6. The van der Waals surface area contributed by atoms with Crippen LogP contribution in [-0.4, -0.2) is 54.7 Å². The molecule has 0 saturated carbocycles. The van der Waals surface area contributed by atoms with Gasteiger partial charge in [-0.15, -0.1) is 0 Å². The third-order valence-electron chi connectivity index (χ3n) is 5.95. The topological polar surface area (TPSA) is 74.6 Å². The second-order valence-corrected chi connectivity index (χ2v) is 8.73. The number of pyridine rings is 1. The summed E-state index contributed by atoms with van der Waals surface area (Å²) in [6, 6.07) is 6.12. The SMILES string of the molecule is OCC1=CC=CC(CO)(CNCCCCCCOCCCCCCc2ccccn2)C1. The third-order valence-corrected chi connectivity index (χ3v) is 5.95. The summed E-state index contributed by atoms with van der Waals surface area (Å²) >= 11 is 0. The lowest BCUT2D eigenvalue weighted by Crippen LogP contribution is -2.37. The quantitative estimate of drug-likeness (QED) is 0.304. The van der Waals surface area contributed by atoms with Crippen molar-refractivity contribution < 1.29 is 14.9 Å². The molecule has 1 aromatic rings. The van der Waals surface area contributed by atoms with Crippen molar-refractivity contribution in [2.45, 2.75) is 64.2 Å². The monoisotopic (exact) mass is 430 g/mol. The van der Waals surface area contributed by atoms with Gasteiger partial charge in [0.05, 0.1) is 13.2 Å². The molecule has 2 rings (SSSR count). The van der Waals surface area contributed by atoms with E-state index in [1.165, 1.54) is 37.8 Å². The molecule has 0 amide bonds. The molecule has 0 bridgehead atoms. The van der Waals surface area contributed by atoms with Crippen LogP contribution in [0.15, 0.2) is 48.2 Å². The molecular formula is C26H42N2O3. The number of aryl methyl sites for hydroxylation is 1. The molecule has 1 unspecified atom stereocenters. The smallest absolute Gasteiger partial charge is 0.0645 e. The third kappa shape index (κ3) is 11.1. The number of allylic oxidation sites excluding steroid dienone is 2. The molecule has 1 atom stereocenters. The van der Waals surface area contributed by atoms with Gasteiger partial charge in [-0.05, 0) is 62.8 Å². The van der Waals surface area contributed by atoms with Gasteiger partial charge in [-0.1, -0.05) is 50.0 Å². The van der Waals surface area contributed by atoms with Crippen LogP contribution in [0.1, 0.15) is 63.5 Å². The van der Waals surface area contributed by atoms with E-state index in [1.807, 2.05) is 24.4 Å². The Labute approximate surface area is 188 Å². The number of nitrogens with zero attached hydrogens (tertiary/aromatic N) is 1. The van der Waals surface area contributed by atoms with Crippen molar-refractivity contribution in [1.82, 2.24) is 10.3 Å². The summed E-state index contributed by atoms with van der Waals surface area (Å²) in [7, 11) is 0. The predicted octanol–water partition coefficient (Wildman–Crippen LogP) is 4.21. The Morgan fingerprint density at radius 3 is 2.45 bits per heavy atom. The largest absolute Gasteiger partial charge is 0.395 e. The average Bonchev–Trinajstić information content (AvgIpc) is 2.82. The Balaban J connectivity index is 1.34. The van der Waals surface area contributed by atoms with Crippen molar-refractivity contribution >= 4 is 0 Å². The van der Waals surface area contributed by atoms with E-state index >= 15 is 0 Å². The lowest BCUT2D eigenvalue weighted by molar-refractivity contribution is 0.125. The number of aliphatic hydroxyl groups excluding tert-OH is 2. The molecule has 1 heterocycles. The first-order chi connectivity index (χ1) is 15.3. The van der Waals surface area contributed by atoms with Gasteiger partial charge in [-0.3, -0.25) is 4.98 Å². The second kappa shape index (κ2) is 16.2. The van der Waals surface area contributed by atoms with E-state index in [9.17, 15) is 10.2 Å². The van der Waals surface area contributed by atoms with Crippen molar-refractivity contribution in [2.75, 3.05) is 39.5 Å². The fourth-order valence-corrected chi connectivity index (χ4v) is 4.01. The molecule has 0 saturated heterocycles. The van der Waals surface area contributed by atoms with E-state index in [0.717, 1.165) is 64.0 Å². The maximum absolute atomic E-state index is 9.79. The minimum Gasteiger partial charge on any atom is -0.395 e. The highest BCUT2D eigenvalue weighted by molar-refractivity contribution is 5.24. The molecule has 1 aromatic heterocycles. The highest BCUT2D eigenvalue weighted by Crippen LogP contribution is 2.30. The zero-order chi connectivity index (χ0) is 22.0. The Morgan fingerprint density at radius 1 is 0.968 bits per heavy atom. The normalized spacial score (nSPS) is 18.3. The number of nitrogens with one attached hydrogen (secondary N) is 1. The first-order valence-electron chi connectivity index (χ1n) is 12.1. The molecule has 1 aliphatic carbocycles. The van der Waals surface area contributed by atoms with Crippen molar-refractivity contribution in [3.05, 3.63) is 53.9 Å². The molecular weight excluding hydrogens is 388 g/mol. The molecule has 174 valence electrons. The zero-order valence-corrected chi connectivity index (χ0v) is 19.1. The van der Waals surface area contributed by atoms with Gasteiger partial charge in [0.15, 0.2) is 0 Å². The number of aliphatic hydroxyl groups is 2. The van der Waals surface area contributed by atoms with Gasteiger partial charge in [-0.25, -0.2) is 0 Å². The Hall–Kier alpha value is -1.53. The van der Waals surface area contributed by atoms with Crippen molar-refractivity contribution in [3.63, 3.8) is 0 Å². The summed E-state index contributed by atoms with van der Waals surface area (Å²) in [6.07, 6.45) is 19.2. The molecule has 0 spiro atoms. The van der Waals surface area contributed by atoms with Crippen molar-refractivity contribution in [3.8, 4) is 0 Å². The molecule has 0 radical (unpaired) electrons. The number of aromatic nitrogens is 1. The standard InChI is InChI=1S/C26H42N2O3/c29-21-24-12-11-15-26(20-24,23-30)22-27-16-7-2-4-10-19-31-18-9-3-1-5-13-25-14-6-8-17-28-25/h6,8,11-12,14-15,17,27,29-30H,1-5,7,9-10,13,16,18-23H2. The summed E-state index contributed by atoms with van der Waals surface area (Å²) in [4.78, 5) is 4.36. The maximum Gasteiger partial charge on any atom is 0.0645 e. The maximum atomic E-state index is 9.79. The fraction of sp³-hybridized carbons (Fsp3) is 0.654. The minimum absolute atomic E-state index is 0.0696. The van der Waals surface area contributed by atoms with Gasteiger partial charge in [0.25, 0.3) is 0 Å². The molecule has 5 heteroatoms. The predicted molar refractivity (Wildman–Crippen MR) is 127 cm³/mol. The number of unbranched alkanes of at least 4 members (excludes halogenated alkanes) is 6. The minimum atomic E-state index is -0.265. The molecule has 3 N–H and O–H groups in total. The van der Waals surface area contributed by atoms with E-state index in [-0.39, 0.29) is 18.6 Å². The van der Waals surface area contributed by atoms with Crippen LogP contribution in [0.25, 0.3) is 0 Å². The fourth-order valence-electron chi connectivity index (χ4n) is 4.01. The van der Waals surface area contributed by atoms with Crippen molar-refractivity contribution in [1.29, 1.82) is 0 Å². The Kier molecular flexibility index (Phi) is 13.4. The number of rotatable bonds is 18. The summed E-state index contributed by atoms with van der Waals surface area (Å²) in [6.45, 7) is 3.65. The molecule has 0 aromatic carbocycles. The van der Waals surface area contributed by atoms with E-state index < -0.39 is 0 Å². The van der Waals surface area contributed by atoms with Gasteiger partial charge >= 0.3 is 0 Å².